The van der Waals surface area contributed by atoms with Gasteiger partial charge in [-0.1, -0.05) is 36.8 Å². The van der Waals surface area contributed by atoms with Crippen molar-refractivity contribution in [1.29, 1.82) is 5.26 Å². The molecule has 0 bridgehead atoms. The number of ether oxygens (including phenoxy) is 1. The van der Waals surface area contributed by atoms with E-state index in [1.54, 1.807) is 12.3 Å². The first-order valence-corrected chi connectivity index (χ1v) is 14.1. The number of aryl methyl sites for hydroxylation is 1. The van der Waals surface area contributed by atoms with Crippen molar-refractivity contribution < 1.29 is 14.3 Å². The molecule has 3 aromatic rings. The molecule has 2 aliphatic rings. The predicted molar refractivity (Wildman–Crippen MR) is 158 cm³/mol. The molecule has 41 heavy (non-hydrogen) atoms. The number of carbonyl (C=O) groups excluding carboxylic acids is 2. The minimum Gasteiger partial charge on any atom is -0.486 e. The number of nitriles is 1. The highest BCUT2D eigenvalue weighted by Crippen LogP contribution is 2.32. The van der Waals surface area contributed by atoms with Crippen LogP contribution in [0.1, 0.15) is 56.7 Å². The van der Waals surface area contributed by atoms with E-state index in [0.717, 1.165) is 42.3 Å². The Morgan fingerprint density at radius 3 is 2.63 bits per heavy atom. The van der Waals surface area contributed by atoms with E-state index in [4.69, 9.17) is 9.72 Å². The fraction of sp³-hybridized carbons (Fsp3) is 0.344. The molecule has 2 amide bonds. The maximum atomic E-state index is 12.9. The summed E-state index contributed by atoms with van der Waals surface area (Å²) in [6.07, 6.45) is 14.7. The number of hydrogen-bond acceptors (Lipinski definition) is 7. The van der Waals surface area contributed by atoms with Gasteiger partial charge in [0.2, 0.25) is 5.95 Å². The van der Waals surface area contributed by atoms with Crippen LogP contribution in [0.3, 0.4) is 0 Å². The van der Waals surface area contributed by atoms with E-state index in [2.05, 4.69) is 22.4 Å². The summed E-state index contributed by atoms with van der Waals surface area (Å²) in [5.74, 6) is 1.04. The molecule has 1 aromatic carbocycles. The van der Waals surface area contributed by atoms with Gasteiger partial charge in [0.1, 0.15) is 6.61 Å². The number of rotatable bonds is 10. The molecule has 0 atom stereocenters. The maximum absolute atomic E-state index is 12.9. The number of nitrogens with zero attached hydrogens (tertiary/aromatic N) is 5. The van der Waals surface area contributed by atoms with Crippen LogP contribution in [0.5, 0.6) is 5.75 Å². The molecule has 9 nitrogen and oxygen atoms in total. The molecule has 0 saturated heterocycles. The Balaban J connectivity index is 1.36. The third-order valence-corrected chi connectivity index (χ3v) is 7.43. The van der Waals surface area contributed by atoms with Crippen LogP contribution in [-0.4, -0.2) is 50.9 Å². The molecule has 0 saturated carbocycles. The fourth-order valence-corrected chi connectivity index (χ4v) is 5.41. The molecule has 9 heteroatoms. The number of hydrogen-bond donors (Lipinski definition) is 1. The van der Waals surface area contributed by atoms with Crippen LogP contribution in [0.15, 0.2) is 65.9 Å². The van der Waals surface area contributed by atoms with Crippen LogP contribution >= 0.6 is 0 Å². The zero-order valence-electron chi connectivity index (χ0n) is 23.5. The number of fused-ring (bicyclic) bond motifs is 1. The van der Waals surface area contributed by atoms with E-state index in [1.807, 2.05) is 54.8 Å². The highest BCUT2D eigenvalue weighted by Gasteiger charge is 2.37. The van der Waals surface area contributed by atoms with Crippen LogP contribution in [-0.2, 0) is 9.59 Å². The van der Waals surface area contributed by atoms with Crippen LogP contribution in [0.4, 0.5) is 5.82 Å². The number of amides is 2. The van der Waals surface area contributed by atoms with Crippen LogP contribution in [0, 0.1) is 18.3 Å². The fourth-order valence-electron chi connectivity index (χ4n) is 5.41. The van der Waals surface area contributed by atoms with Gasteiger partial charge in [-0.2, -0.15) is 10.2 Å². The Morgan fingerprint density at radius 2 is 1.90 bits per heavy atom. The van der Waals surface area contributed by atoms with E-state index < -0.39 is 0 Å². The molecule has 2 aromatic heterocycles. The number of imide groups is 1. The van der Waals surface area contributed by atoms with Crippen molar-refractivity contribution in [3.8, 4) is 17.8 Å². The topological polar surface area (TPSA) is 113 Å². The van der Waals surface area contributed by atoms with Crippen molar-refractivity contribution >= 4 is 28.5 Å². The number of carbonyl (C=O) groups is 2. The number of anilines is 1. The lowest BCUT2D eigenvalue weighted by molar-refractivity contribution is -0.138. The van der Waals surface area contributed by atoms with Gasteiger partial charge in [-0.05, 0) is 64.2 Å². The molecule has 1 aliphatic carbocycles. The normalized spacial score (nSPS) is 15.7. The summed E-state index contributed by atoms with van der Waals surface area (Å²) in [5, 5.41) is 13.7. The van der Waals surface area contributed by atoms with Gasteiger partial charge in [0.15, 0.2) is 11.6 Å². The Kier molecular flexibility index (Phi) is 8.59. The molecular weight excluding hydrogens is 516 g/mol. The van der Waals surface area contributed by atoms with Crippen molar-refractivity contribution in [2.24, 2.45) is 0 Å². The second-order valence-corrected chi connectivity index (χ2v) is 10.2. The second kappa shape index (κ2) is 12.6. The summed E-state index contributed by atoms with van der Waals surface area (Å²) in [5.41, 5.74) is 3.70. The molecule has 0 spiro atoms. The first kappa shape index (κ1) is 27.8. The number of aromatic nitrogens is 3. The molecule has 1 N–H and O–H groups in total. The number of nitrogens with one attached hydrogen (secondary N) is 1. The minimum atomic E-state index is -0.180. The largest absolute Gasteiger partial charge is 0.486 e. The molecule has 0 unspecified atom stereocenters. The van der Waals surface area contributed by atoms with E-state index >= 15 is 0 Å². The third kappa shape index (κ3) is 5.78. The standard InChI is InChI=1S/C32H34N6O3/c1-3-4-5-6-10-16-34-29-28(41-18-17-37-30(39)24-13-8-7-9-14-25(24)31(37)40)21-35-32(36-29)38-22(2)19-26-23(20-33)12-11-15-27(26)38/h3-6,11-12,15,19,21H,7-10,13-14,16-18H2,1-2H3,(H,34,35,36). The third-order valence-electron chi connectivity index (χ3n) is 7.43. The van der Waals surface area contributed by atoms with Gasteiger partial charge in [-0.3, -0.25) is 19.1 Å². The lowest BCUT2D eigenvalue weighted by Crippen LogP contribution is -2.35. The molecule has 210 valence electrons. The van der Waals surface area contributed by atoms with Crippen LogP contribution in [0.25, 0.3) is 16.9 Å². The van der Waals surface area contributed by atoms with Crippen molar-refractivity contribution in [2.75, 3.05) is 25.0 Å². The summed E-state index contributed by atoms with van der Waals surface area (Å²) < 4.78 is 7.98. The summed E-state index contributed by atoms with van der Waals surface area (Å²) in [6, 6.07) is 9.79. The van der Waals surface area contributed by atoms with E-state index in [1.165, 1.54) is 4.90 Å². The zero-order chi connectivity index (χ0) is 28.8. The Morgan fingerprint density at radius 1 is 1.12 bits per heavy atom. The predicted octanol–water partition coefficient (Wildman–Crippen LogP) is 5.54. The lowest BCUT2D eigenvalue weighted by atomic mass is 10.1. The van der Waals surface area contributed by atoms with Crippen molar-refractivity contribution in [2.45, 2.75) is 52.4 Å². The smallest absolute Gasteiger partial charge is 0.257 e. The van der Waals surface area contributed by atoms with Gasteiger partial charge in [0.25, 0.3) is 11.8 Å². The Bertz CT molecular complexity index is 1580. The first-order valence-electron chi connectivity index (χ1n) is 14.1. The minimum absolute atomic E-state index is 0.133. The second-order valence-electron chi connectivity index (χ2n) is 10.2. The van der Waals surface area contributed by atoms with Gasteiger partial charge >= 0.3 is 0 Å². The average molecular weight is 551 g/mol. The number of allylic oxidation sites excluding steroid dienone is 3. The highest BCUT2D eigenvalue weighted by atomic mass is 16.5. The van der Waals surface area contributed by atoms with E-state index in [-0.39, 0.29) is 25.0 Å². The molecule has 5 rings (SSSR count). The SMILES string of the molecule is CC=CC=CCCNc1nc(-n2c(C)cc3c(C#N)cccc32)ncc1OCCN1C(=O)C2=C(CCCCC2)C1=O. The molecule has 0 radical (unpaired) electrons. The Labute approximate surface area is 239 Å². The summed E-state index contributed by atoms with van der Waals surface area (Å²) in [7, 11) is 0. The summed E-state index contributed by atoms with van der Waals surface area (Å²) in [6.45, 7) is 4.83. The quantitative estimate of drug-likeness (QED) is 0.200. The van der Waals surface area contributed by atoms with Gasteiger partial charge in [0.05, 0.1) is 29.9 Å². The molecule has 3 heterocycles. The van der Waals surface area contributed by atoms with Gasteiger partial charge < -0.3 is 10.1 Å². The van der Waals surface area contributed by atoms with Gasteiger partial charge in [-0.15, -0.1) is 0 Å². The van der Waals surface area contributed by atoms with Crippen molar-refractivity contribution in [1.82, 2.24) is 19.4 Å². The average Bonchev–Trinajstić information content (AvgIpc) is 3.28. The molecule has 1 aliphatic heterocycles. The van der Waals surface area contributed by atoms with Crippen molar-refractivity contribution in [3.63, 3.8) is 0 Å². The van der Waals surface area contributed by atoms with Gasteiger partial charge in [0, 0.05) is 28.8 Å². The van der Waals surface area contributed by atoms with Gasteiger partial charge in [-0.25, -0.2) is 4.98 Å². The first-order chi connectivity index (χ1) is 20.0. The van der Waals surface area contributed by atoms with Crippen molar-refractivity contribution in [3.05, 3.63) is 77.2 Å². The van der Waals surface area contributed by atoms with Crippen LogP contribution in [0.2, 0.25) is 0 Å². The molecule has 0 fully saturated rings. The van der Waals surface area contributed by atoms with E-state index in [0.29, 0.717) is 53.6 Å². The summed E-state index contributed by atoms with van der Waals surface area (Å²) in [4.78, 5) is 36.6. The zero-order valence-corrected chi connectivity index (χ0v) is 23.5. The summed E-state index contributed by atoms with van der Waals surface area (Å²) >= 11 is 0. The highest BCUT2D eigenvalue weighted by molar-refractivity contribution is 6.19. The lowest BCUT2D eigenvalue weighted by Gasteiger charge is -2.18. The van der Waals surface area contributed by atoms with Crippen LogP contribution < -0.4 is 10.1 Å². The Hall–Kier alpha value is -4.71. The van der Waals surface area contributed by atoms with E-state index in [9.17, 15) is 14.9 Å². The number of benzene rings is 1. The molecular formula is C32H34N6O3. The monoisotopic (exact) mass is 550 g/mol. The maximum Gasteiger partial charge on any atom is 0.257 e.